The molecule has 1 fully saturated rings. The molecule has 10 heteroatoms. The summed E-state index contributed by atoms with van der Waals surface area (Å²) in [5, 5.41) is 2.24. The predicted octanol–water partition coefficient (Wildman–Crippen LogP) is 2.62. The third kappa shape index (κ3) is 4.22. The van der Waals surface area contributed by atoms with E-state index in [-0.39, 0.29) is 30.9 Å². The largest absolute Gasteiger partial charge is 0.424 e. The minimum Gasteiger partial charge on any atom is -0.424 e. The van der Waals surface area contributed by atoms with Gasteiger partial charge in [-0.3, -0.25) is 19.5 Å². The number of carbonyl (C=O) groups is 2. The Hall–Kier alpha value is -2.78. The molecule has 30 heavy (non-hydrogen) atoms. The van der Waals surface area contributed by atoms with Crippen molar-refractivity contribution < 1.29 is 23.1 Å². The van der Waals surface area contributed by atoms with Crippen molar-refractivity contribution in [2.45, 2.75) is 19.4 Å². The molecule has 158 valence electrons. The quantitative estimate of drug-likeness (QED) is 0.586. The summed E-state index contributed by atoms with van der Waals surface area (Å²) in [5.74, 6) is -1.83. The molecular weight excluding hydrogens is 418 g/mol. The zero-order valence-corrected chi connectivity index (χ0v) is 16.9. The molecule has 2 aromatic rings. The smallest absolute Gasteiger partial charge is 0.317 e. The number of nitrogens with zero attached hydrogens (tertiary/aromatic N) is 3. The molecule has 0 radical (unpaired) electrons. The molecule has 3 heterocycles. The summed E-state index contributed by atoms with van der Waals surface area (Å²) in [6.45, 7) is 3.65. The Morgan fingerprint density at radius 1 is 1.30 bits per heavy atom. The molecule has 7 nitrogen and oxygen atoms in total. The van der Waals surface area contributed by atoms with Gasteiger partial charge in [0.25, 0.3) is 0 Å². The Balaban J connectivity index is 1.35. The molecule has 0 aliphatic carbocycles. The average molecular weight is 437 g/mol. The number of hydrogen-bond donors (Lipinski definition) is 1. The monoisotopic (exact) mass is 436 g/mol. The van der Waals surface area contributed by atoms with Crippen molar-refractivity contribution in [2.75, 3.05) is 36.4 Å². The Kier molecular flexibility index (Phi) is 5.57. The number of hydrogen-bond acceptors (Lipinski definition) is 6. The van der Waals surface area contributed by atoms with Gasteiger partial charge in [0.2, 0.25) is 5.91 Å². The molecule has 0 spiro atoms. The number of aromatic nitrogens is 1. The highest BCUT2D eigenvalue weighted by Crippen LogP contribution is 2.28. The minimum absolute atomic E-state index is 0.0228. The maximum atomic E-state index is 13.8. The second kappa shape index (κ2) is 8.16. The molecule has 1 atom stereocenters. The molecule has 0 saturated carbocycles. The van der Waals surface area contributed by atoms with Crippen molar-refractivity contribution in [3.8, 4) is 5.75 Å². The van der Waals surface area contributed by atoms with E-state index in [2.05, 4.69) is 10.3 Å². The number of anilines is 2. The van der Waals surface area contributed by atoms with E-state index >= 15 is 0 Å². The van der Waals surface area contributed by atoms with Crippen LogP contribution in [0.4, 0.5) is 20.2 Å². The lowest BCUT2D eigenvalue weighted by Crippen LogP contribution is -2.53. The summed E-state index contributed by atoms with van der Waals surface area (Å²) in [7, 11) is 0. The van der Waals surface area contributed by atoms with E-state index < -0.39 is 16.7 Å². The van der Waals surface area contributed by atoms with Gasteiger partial charge in [0.05, 0.1) is 30.5 Å². The molecule has 2 aliphatic rings. The fraction of sp³-hybridized carbons (Fsp3) is 0.350. The van der Waals surface area contributed by atoms with Gasteiger partial charge >= 0.3 is 5.97 Å². The van der Waals surface area contributed by atoms with Gasteiger partial charge in [0.15, 0.2) is 5.75 Å². The number of fused-ring (bicyclic) bond motifs is 1. The molecule has 1 amide bonds. The minimum atomic E-state index is -0.797. The molecule has 1 aromatic heterocycles. The highest BCUT2D eigenvalue weighted by atomic mass is 35.5. The lowest BCUT2D eigenvalue weighted by Gasteiger charge is -2.40. The van der Waals surface area contributed by atoms with Gasteiger partial charge in [-0.25, -0.2) is 8.78 Å². The van der Waals surface area contributed by atoms with E-state index in [0.29, 0.717) is 42.5 Å². The zero-order chi connectivity index (χ0) is 21.4. The van der Waals surface area contributed by atoms with Crippen molar-refractivity contribution in [2.24, 2.45) is 0 Å². The van der Waals surface area contributed by atoms with Crippen molar-refractivity contribution >= 4 is 34.9 Å². The van der Waals surface area contributed by atoms with E-state index in [9.17, 15) is 18.4 Å². The summed E-state index contributed by atoms with van der Waals surface area (Å²) >= 11 is 5.55. The van der Waals surface area contributed by atoms with Crippen LogP contribution in [0.5, 0.6) is 5.75 Å². The van der Waals surface area contributed by atoms with E-state index in [4.69, 9.17) is 16.3 Å². The van der Waals surface area contributed by atoms with Gasteiger partial charge in [-0.05, 0) is 19.1 Å². The molecule has 1 aromatic carbocycles. The molecule has 1 N–H and O–H groups in total. The van der Waals surface area contributed by atoms with Crippen LogP contribution in [-0.2, 0) is 16.0 Å². The van der Waals surface area contributed by atoms with Crippen LogP contribution in [0.2, 0.25) is 5.02 Å². The van der Waals surface area contributed by atoms with Crippen LogP contribution in [0.25, 0.3) is 0 Å². The first-order valence-electron chi connectivity index (χ1n) is 9.43. The molecule has 2 aliphatic heterocycles. The second-order valence-electron chi connectivity index (χ2n) is 7.36. The highest BCUT2D eigenvalue weighted by molar-refractivity contribution is 6.31. The lowest BCUT2D eigenvalue weighted by molar-refractivity contribution is -0.131. The fourth-order valence-corrected chi connectivity index (χ4v) is 3.74. The van der Waals surface area contributed by atoms with Gasteiger partial charge < -0.3 is 15.0 Å². The highest BCUT2D eigenvalue weighted by Gasteiger charge is 2.27. The number of piperazine rings is 1. The molecular formula is C20H19ClF2N4O3. The van der Waals surface area contributed by atoms with Crippen LogP contribution in [0.1, 0.15) is 12.6 Å². The molecule has 4 rings (SSSR count). The van der Waals surface area contributed by atoms with Gasteiger partial charge in [-0.1, -0.05) is 11.6 Å². The number of esters is 1. The van der Waals surface area contributed by atoms with Gasteiger partial charge in [0, 0.05) is 37.4 Å². The first-order valence-corrected chi connectivity index (χ1v) is 9.81. The molecule has 0 unspecified atom stereocenters. The molecule has 1 saturated heterocycles. The number of ether oxygens (including phenoxy) is 1. The van der Waals surface area contributed by atoms with Crippen molar-refractivity contribution in [1.82, 2.24) is 9.88 Å². The van der Waals surface area contributed by atoms with Crippen molar-refractivity contribution in [3.63, 3.8) is 0 Å². The summed E-state index contributed by atoms with van der Waals surface area (Å²) < 4.78 is 32.6. The summed E-state index contributed by atoms with van der Waals surface area (Å²) in [5.41, 5.74) is 1.42. The maximum Gasteiger partial charge on any atom is 0.317 e. The number of halogens is 3. The zero-order valence-electron chi connectivity index (χ0n) is 16.1. The SMILES string of the molecule is C[C@@H]1CN(c2cc(F)c(Cl)c(F)c2)CCN1CC(=O)Nc1cnc2c(c1)OC(=O)C2. The van der Waals surface area contributed by atoms with Crippen LogP contribution in [0.3, 0.4) is 0 Å². The number of nitrogens with one attached hydrogen (secondary N) is 1. The normalized spacial score (nSPS) is 18.9. The summed E-state index contributed by atoms with van der Waals surface area (Å²) in [6.07, 6.45) is 1.62. The van der Waals surface area contributed by atoms with Gasteiger partial charge in [-0.15, -0.1) is 0 Å². The number of pyridine rings is 1. The Morgan fingerprint density at radius 2 is 2.03 bits per heavy atom. The van der Waals surface area contributed by atoms with Gasteiger partial charge in [-0.2, -0.15) is 0 Å². The number of rotatable bonds is 4. The lowest BCUT2D eigenvalue weighted by atomic mass is 10.1. The van der Waals surface area contributed by atoms with Crippen molar-refractivity contribution in [3.05, 3.63) is 46.7 Å². The average Bonchev–Trinajstić information content (AvgIpc) is 3.06. The van der Waals surface area contributed by atoms with Crippen LogP contribution in [-0.4, -0.2) is 54.0 Å². The summed E-state index contributed by atoms with van der Waals surface area (Å²) in [4.78, 5) is 31.7. The van der Waals surface area contributed by atoms with E-state index in [1.165, 1.54) is 18.3 Å². The van der Waals surface area contributed by atoms with Crippen LogP contribution in [0.15, 0.2) is 24.4 Å². The first kappa shape index (κ1) is 20.5. The number of amides is 1. The maximum absolute atomic E-state index is 13.8. The summed E-state index contributed by atoms with van der Waals surface area (Å²) in [6, 6.07) is 3.99. The first-order chi connectivity index (χ1) is 14.3. The van der Waals surface area contributed by atoms with Crippen LogP contribution in [0, 0.1) is 11.6 Å². The topological polar surface area (TPSA) is 74.8 Å². The predicted molar refractivity (Wildman–Crippen MR) is 107 cm³/mol. The number of benzene rings is 1. The van der Waals surface area contributed by atoms with E-state index in [0.717, 1.165) is 0 Å². The fourth-order valence-electron chi connectivity index (χ4n) is 3.63. The van der Waals surface area contributed by atoms with Crippen LogP contribution >= 0.6 is 11.6 Å². The van der Waals surface area contributed by atoms with Crippen LogP contribution < -0.4 is 15.0 Å². The third-order valence-corrected chi connectivity index (χ3v) is 5.56. The Bertz CT molecular complexity index is 997. The van der Waals surface area contributed by atoms with Crippen molar-refractivity contribution in [1.29, 1.82) is 0 Å². The number of carbonyl (C=O) groups excluding carboxylic acids is 2. The Labute approximate surface area is 176 Å². The third-order valence-electron chi connectivity index (χ3n) is 5.20. The van der Waals surface area contributed by atoms with E-state index in [1.807, 2.05) is 16.7 Å². The Morgan fingerprint density at radius 3 is 2.73 bits per heavy atom. The molecule has 0 bridgehead atoms. The van der Waals surface area contributed by atoms with E-state index in [1.54, 1.807) is 6.07 Å². The second-order valence-corrected chi connectivity index (χ2v) is 7.73. The standard InChI is InChI=1S/C20H19ClF2N4O3/c1-11-9-27(13-5-14(22)20(21)15(23)6-13)3-2-26(11)10-18(28)25-12-4-17-16(24-8-12)7-19(29)30-17/h4-6,8,11H,2-3,7,9-10H2,1H3,(H,25,28)/t11-/m1/s1. The van der Waals surface area contributed by atoms with Gasteiger partial charge in [0.1, 0.15) is 16.7 Å².